The van der Waals surface area contributed by atoms with Crippen LogP contribution in [0, 0.1) is 0 Å². The summed E-state index contributed by atoms with van der Waals surface area (Å²) in [5.74, 6) is 0.764. The maximum atomic E-state index is 10.9. The standard InChI is InChI=1S/3C10H8O3S.3C2H7N3/c3*11-14(12,13)10-7-3-5-8-4-1-2-6-9(8)10;3*1-5-2(3)4/h3*1-7H,(H,11,12,13);3*1H3,(H4,3,4,5). The van der Waals surface area contributed by atoms with Crippen LogP contribution in [-0.4, -0.2) is 77.9 Å². The van der Waals surface area contributed by atoms with E-state index in [9.17, 15) is 38.9 Å². The van der Waals surface area contributed by atoms with Crippen LogP contribution in [0.25, 0.3) is 32.3 Å². The van der Waals surface area contributed by atoms with Crippen LogP contribution in [-0.2, 0) is 30.4 Å². The SMILES string of the molecule is C[NH+]=C(N)N.C[NH+]=C(N)N.C[NH+]=C(N)N.O=S(=O)([O-])c1cccc2ccccc12.O=S(=O)([O-])c1cccc2ccccc12.O=S(=O)([O-])c1cccc2ccccc12. The molecule has 0 saturated heterocycles. The van der Waals surface area contributed by atoms with Crippen molar-refractivity contribution in [3.63, 3.8) is 0 Å². The second kappa shape index (κ2) is 22.9. The molecular weight excluding hydrogens is 799 g/mol. The van der Waals surface area contributed by atoms with E-state index in [1.54, 1.807) is 130 Å². The second-order valence-electron chi connectivity index (χ2n) is 10.9. The van der Waals surface area contributed by atoms with Gasteiger partial charge in [0, 0.05) is 0 Å². The highest BCUT2D eigenvalue weighted by Crippen LogP contribution is 2.24. The summed E-state index contributed by atoms with van der Waals surface area (Å²) in [4.78, 5) is 7.03. The van der Waals surface area contributed by atoms with Gasteiger partial charge in [0.2, 0.25) is 0 Å². The zero-order chi connectivity index (χ0) is 43.4. The van der Waals surface area contributed by atoms with Gasteiger partial charge in [-0.1, -0.05) is 109 Å². The molecule has 0 fully saturated rings. The predicted molar refractivity (Wildman–Crippen MR) is 217 cm³/mol. The number of nitrogens with one attached hydrogen (secondary N) is 3. The Morgan fingerprint density at radius 2 is 0.544 bits per heavy atom. The zero-order valence-corrected chi connectivity index (χ0v) is 33.4. The molecule has 18 nitrogen and oxygen atoms in total. The van der Waals surface area contributed by atoms with Gasteiger partial charge in [-0.2, -0.15) is 0 Å². The third-order valence-electron chi connectivity index (χ3n) is 6.92. The summed E-state index contributed by atoms with van der Waals surface area (Å²) >= 11 is 0. The summed E-state index contributed by atoms with van der Waals surface area (Å²) in [6.45, 7) is 0. The Bertz CT molecular complexity index is 2350. The highest BCUT2D eigenvalue weighted by atomic mass is 32.2. The molecule has 0 unspecified atom stereocenters. The van der Waals surface area contributed by atoms with Crippen molar-refractivity contribution in [2.75, 3.05) is 21.1 Å². The van der Waals surface area contributed by atoms with Crippen LogP contribution in [0.4, 0.5) is 0 Å². The van der Waals surface area contributed by atoms with Crippen LogP contribution in [0.3, 0.4) is 0 Å². The first-order chi connectivity index (χ1) is 26.6. The van der Waals surface area contributed by atoms with Crippen LogP contribution in [0.2, 0.25) is 0 Å². The van der Waals surface area contributed by atoms with Gasteiger partial charge in [0.1, 0.15) is 30.4 Å². The van der Waals surface area contributed by atoms with Crippen molar-refractivity contribution in [1.29, 1.82) is 0 Å². The van der Waals surface area contributed by atoms with E-state index >= 15 is 0 Å². The Balaban J connectivity index is 0.000000364. The average molecular weight is 844 g/mol. The first-order valence-electron chi connectivity index (χ1n) is 16.1. The number of fused-ring (bicyclic) bond motifs is 3. The second-order valence-corrected chi connectivity index (χ2v) is 15.0. The van der Waals surface area contributed by atoms with Gasteiger partial charge in [-0.3, -0.25) is 49.4 Å². The summed E-state index contributed by atoms with van der Waals surface area (Å²) in [5, 5.41) is 3.69. The van der Waals surface area contributed by atoms with Crippen molar-refractivity contribution in [3.8, 4) is 0 Å². The van der Waals surface area contributed by atoms with Crippen molar-refractivity contribution in [2.24, 2.45) is 34.4 Å². The number of rotatable bonds is 3. The third-order valence-corrected chi connectivity index (χ3v) is 9.61. The molecule has 0 aromatic heterocycles. The first-order valence-corrected chi connectivity index (χ1v) is 20.3. The molecule has 0 aliphatic heterocycles. The number of hydrogen-bond donors (Lipinski definition) is 9. The molecule has 0 spiro atoms. The van der Waals surface area contributed by atoms with Crippen LogP contribution < -0.4 is 49.4 Å². The molecule has 306 valence electrons. The Morgan fingerprint density at radius 1 is 0.368 bits per heavy atom. The van der Waals surface area contributed by atoms with Gasteiger partial charge >= 0.3 is 17.9 Å². The molecule has 0 amide bonds. The van der Waals surface area contributed by atoms with Crippen LogP contribution >= 0.6 is 0 Å². The van der Waals surface area contributed by atoms with Crippen LogP contribution in [0.5, 0.6) is 0 Å². The van der Waals surface area contributed by atoms with Gasteiger partial charge in [0.25, 0.3) is 0 Å². The van der Waals surface area contributed by atoms with Crippen LogP contribution in [0.1, 0.15) is 0 Å². The molecule has 0 atom stereocenters. The Hall–Kier alpha value is -6.36. The van der Waals surface area contributed by atoms with Crippen molar-refractivity contribution < 1.29 is 53.9 Å². The molecule has 6 aromatic rings. The van der Waals surface area contributed by atoms with E-state index in [-0.39, 0.29) is 32.6 Å². The lowest BCUT2D eigenvalue weighted by Gasteiger charge is -2.09. The van der Waals surface area contributed by atoms with Crippen molar-refractivity contribution in [3.05, 3.63) is 127 Å². The molecule has 0 aliphatic rings. The maximum absolute atomic E-state index is 10.9. The van der Waals surface area contributed by atoms with E-state index in [2.05, 4.69) is 15.0 Å². The lowest BCUT2D eigenvalue weighted by atomic mass is 10.1. The summed E-state index contributed by atoms with van der Waals surface area (Å²) < 4.78 is 98.0. The molecule has 0 saturated carbocycles. The quantitative estimate of drug-likeness (QED) is 0.0468. The largest absolute Gasteiger partial charge is 0.744 e. The minimum Gasteiger partial charge on any atom is -0.744 e. The third kappa shape index (κ3) is 17.3. The fourth-order valence-corrected chi connectivity index (χ4v) is 6.34. The van der Waals surface area contributed by atoms with Gasteiger partial charge in [-0.05, 0) is 50.5 Å². The molecule has 0 aliphatic carbocycles. The molecule has 6 aromatic carbocycles. The lowest BCUT2D eigenvalue weighted by molar-refractivity contribution is -0.422. The smallest absolute Gasteiger partial charge is 0.338 e. The fraction of sp³-hybridized carbons (Fsp3) is 0.0833. The van der Waals surface area contributed by atoms with Crippen molar-refractivity contribution in [2.45, 2.75) is 14.7 Å². The Kier molecular flexibility index (Phi) is 19.5. The van der Waals surface area contributed by atoms with E-state index < -0.39 is 30.4 Å². The van der Waals surface area contributed by atoms with Gasteiger partial charge in [-0.25, -0.2) is 25.3 Å². The lowest BCUT2D eigenvalue weighted by Crippen LogP contribution is -2.73. The van der Waals surface area contributed by atoms with Crippen LogP contribution in [0.15, 0.2) is 142 Å². The molecule has 21 heteroatoms. The van der Waals surface area contributed by atoms with Crippen molar-refractivity contribution >= 4 is 80.6 Å². The molecule has 15 N–H and O–H groups in total. The van der Waals surface area contributed by atoms with E-state index in [0.29, 0.717) is 16.2 Å². The number of hydrogen-bond acceptors (Lipinski definition) is 9. The average Bonchev–Trinajstić information content (AvgIpc) is 3.17. The van der Waals surface area contributed by atoms with E-state index in [1.807, 2.05) is 0 Å². The summed E-state index contributed by atoms with van der Waals surface area (Å²) in [7, 11) is -8.15. The van der Waals surface area contributed by atoms with Gasteiger partial charge < -0.3 is 13.7 Å². The zero-order valence-electron chi connectivity index (χ0n) is 31.0. The summed E-state index contributed by atoms with van der Waals surface area (Å²) in [6.07, 6.45) is 0. The molecule has 0 radical (unpaired) electrons. The molecule has 57 heavy (non-hydrogen) atoms. The minimum absolute atomic E-state index is 0.157. The minimum atomic E-state index is -4.38. The Labute approximate surface area is 330 Å². The number of benzene rings is 6. The van der Waals surface area contributed by atoms with Gasteiger partial charge in [-0.15, -0.1) is 0 Å². The number of guanidine groups is 3. The highest BCUT2D eigenvalue weighted by molar-refractivity contribution is 7.86. The fourth-order valence-electron chi connectivity index (χ4n) is 4.24. The van der Waals surface area contributed by atoms with Gasteiger partial charge in [0.15, 0.2) is 0 Å². The molecular formula is C36H45N9O9S3. The highest BCUT2D eigenvalue weighted by Gasteiger charge is 2.07. The topological polar surface area (TPSA) is 370 Å². The first kappa shape index (κ1) is 48.7. The van der Waals surface area contributed by atoms with E-state index in [4.69, 9.17) is 34.4 Å². The predicted octanol–water partition coefficient (Wildman–Crippen LogP) is -3.86. The van der Waals surface area contributed by atoms with Crippen molar-refractivity contribution in [1.82, 2.24) is 0 Å². The normalized spacial score (nSPS) is 10.4. The molecule has 0 bridgehead atoms. The monoisotopic (exact) mass is 843 g/mol. The van der Waals surface area contributed by atoms with E-state index in [1.165, 1.54) is 18.2 Å². The van der Waals surface area contributed by atoms with Gasteiger partial charge in [0.05, 0.1) is 35.8 Å². The molecule has 0 heterocycles. The Morgan fingerprint density at radius 3 is 0.719 bits per heavy atom. The van der Waals surface area contributed by atoms with E-state index in [0.717, 1.165) is 16.2 Å². The molecule has 6 rings (SSSR count). The summed E-state index contributed by atoms with van der Waals surface area (Å²) in [5.41, 5.74) is 29.2. The summed E-state index contributed by atoms with van der Waals surface area (Å²) in [6, 6.07) is 34.6. The maximum Gasteiger partial charge on any atom is 0.338 e. The number of nitrogens with two attached hydrogens (primary N) is 6.